The summed E-state index contributed by atoms with van der Waals surface area (Å²) >= 11 is 0. The Hall–Kier alpha value is -0.850. The van der Waals surface area contributed by atoms with Crippen LogP contribution < -0.4 is 0 Å². The third kappa shape index (κ3) is 1.85. The Balaban J connectivity index is 1.80. The fourth-order valence-corrected chi connectivity index (χ4v) is 6.32. The second kappa shape index (κ2) is 4.57. The molecule has 0 saturated heterocycles. The van der Waals surface area contributed by atoms with Crippen LogP contribution in [0, 0.1) is 29.1 Å². The Labute approximate surface area is 128 Å². The predicted molar refractivity (Wildman–Crippen MR) is 85.9 cm³/mol. The lowest BCUT2D eigenvalue weighted by Gasteiger charge is -2.51. The number of carbonyl (C=O) groups excluding carboxylic acids is 1. The summed E-state index contributed by atoms with van der Waals surface area (Å²) in [5, 5.41) is 0. The van der Waals surface area contributed by atoms with Gasteiger partial charge in [-0.15, -0.1) is 0 Å². The van der Waals surface area contributed by atoms with Gasteiger partial charge >= 0.3 is 0 Å². The first-order chi connectivity index (χ1) is 10.0. The van der Waals surface area contributed by atoms with E-state index >= 15 is 0 Å². The molecule has 0 aromatic carbocycles. The van der Waals surface area contributed by atoms with E-state index in [4.69, 9.17) is 0 Å². The zero-order chi connectivity index (χ0) is 14.8. The van der Waals surface area contributed by atoms with Crippen molar-refractivity contribution in [3.63, 3.8) is 0 Å². The lowest BCUT2D eigenvalue weighted by molar-refractivity contribution is -0.114. The Bertz CT molecular complexity index is 552. The van der Waals surface area contributed by atoms with Crippen molar-refractivity contribution in [2.24, 2.45) is 29.1 Å². The van der Waals surface area contributed by atoms with Gasteiger partial charge in [-0.25, -0.2) is 0 Å². The molecular formula is C20H28O. The number of ketones is 1. The molecule has 1 heteroatoms. The highest BCUT2D eigenvalue weighted by molar-refractivity contribution is 5.93. The molecule has 0 amide bonds. The topological polar surface area (TPSA) is 17.1 Å². The Morgan fingerprint density at radius 2 is 1.90 bits per heavy atom. The molecule has 0 aromatic rings. The molecule has 5 atom stereocenters. The highest BCUT2D eigenvalue weighted by Crippen LogP contribution is 2.63. The van der Waals surface area contributed by atoms with Gasteiger partial charge in [0.15, 0.2) is 5.78 Å². The van der Waals surface area contributed by atoms with Crippen LogP contribution in [0.5, 0.6) is 0 Å². The van der Waals surface area contributed by atoms with E-state index < -0.39 is 0 Å². The van der Waals surface area contributed by atoms with Crippen LogP contribution in [-0.4, -0.2) is 5.78 Å². The normalized spacial score (nSPS) is 45.9. The molecule has 1 nitrogen and oxygen atoms in total. The van der Waals surface area contributed by atoms with Crippen LogP contribution in [0.25, 0.3) is 0 Å². The molecule has 4 rings (SSSR count). The van der Waals surface area contributed by atoms with Gasteiger partial charge in [0.25, 0.3) is 0 Å². The molecular weight excluding hydrogens is 256 g/mol. The van der Waals surface area contributed by atoms with Gasteiger partial charge in [-0.3, -0.25) is 4.79 Å². The van der Waals surface area contributed by atoms with Crippen molar-refractivity contribution in [2.75, 3.05) is 0 Å². The van der Waals surface area contributed by atoms with Gasteiger partial charge in [0.1, 0.15) is 0 Å². The van der Waals surface area contributed by atoms with Crippen LogP contribution in [0.1, 0.15) is 65.7 Å². The Morgan fingerprint density at radius 1 is 1.10 bits per heavy atom. The van der Waals surface area contributed by atoms with Crippen molar-refractivity contribution in [3.8, 4) is 0 Å². The summed E-state index contributed by atoms with van der Waals surface area (Å²) in [7, 11) is 0. The zero-order valence-electron chi connectivity index (χ0n) is 13.7. The zero-order valence-corrected chi connectivity index (χ0v) is 13.7. The van der Waals surface area contributed by atoms with Crippen molar-refractivity contribution in [1.82, 2.24) is 0 Å². The van der Waals surface area contributed by atoms with Gasteiger partial charge in [-0.2, -0.15) is 0 Å². The van der Waals surface area contributed by atoms with Gasteiger partial charge in [-0.1, -0.05) is 26.3 Å². The smallest absolute Gasteiger partial charge is 0.156 e. The summed E-state index contributed by atoms with van der Waals surface area (Å²) < 4.78 is 0. The van der Waals surface area contributed by atoms with E-state index in [9.17, 15) is 4.79 Å². The molecule has 2 fully saturated rings. The maximum atomic E-state index is 11.7. The quantitative estimate of drug-likeness (QED) is 0.606. The van der Waals surface area contributed by atoms with E-state index in [1.807, 2.05) is 6.08 Å². The SMILES string of the molecule is CC1CC2(C)C(C)CCC2C2CCC3=CC(=O)CCC3=C12. The molecule has 0 spiro atoms. The van der Waals surface area contributed by atoms with E-state index in [0.29, 0.717) is 11.2 Å². The van der Waals surface area contributed by atoms with Gasteiger partial charge in [-0.05, 0) is 84.8 Å². The predicted octanol–water partition coefficient (Wildman–Crippen LogP) is 5.07. The molecule has 4 aliphatic carbocycles. The third-order valence-corrected chi connectivity index (χ3v) is 7.46. The second-order valence-corrected chi connectivity index (χ2v) is 8.41. The summed E-state index contributed by atoms with van der Waals surface area (Å²) in [4.78, 5) is 11.7. The molecule has 5 unspecified atom stereocenters. The average Bonchev–Trinajstić information content (AvgIpc) is 2.74. The molecule has 2 saturated carbocycles. The summed E-state index contributed by atoms with van der Waals surface area (Å²) in [5.41, 5.74) is 5.36. The standard InChI is InChI=1S/C20H28O/c1-12-11-20(3)13(2)4-9-18(20)17-7-5-14-10-15(21)6-8-16(14)19(12)17/h10,12-13,17-18H,4-9,11H2,1-3H3. The fourth-order valence-electron chi connectivity index (χ4n) is 6.32. The van der Waals surface area contributed by atoms with Gasteiger partial charge in [0.05, 0.1) is 0 Å². The van der Waals surface area contributed by atoms with Crippen molar-refractivity contribution >= 4 is 5.78 Å². The Kier molecular flexibility index (Phi) is 3.00. The lowest BCUT2D eigenvalue weighted by atomic mass is 9.53. The maximum Gasteiger partial charge on any atom is 0.156 e. The third-order valence-electron chi connectivity index (χ3n) is 7.46. The van der Waals surface area contributed by atoms with Crippen LogP contribution in [0.15, 0.2) is 22.8 Å². The molecule has 0 aromatic heterocycles. The average molecular weight is 284 g/mol. The number of allylic oxidation sites excluding steroid dienone is 4. The van der Waals surface area contributed by atoms with E-state index in [-0.39, 0.29) is 0 Å². The minimum atomic E-state index is 0.357. The summed E-state index contributed by atoms with van der Waals surface area (Å²) in [5.74, 6) is 3.70. The van der Waals surface area contributed by atoms with Gasteiger partial charge in [0.2, 0.25) is 0 Å². The number of hydrogen-bond acceptors (Lipinski definition) is 1. The van der Waals surface area contributed by atoms with Gasteiger partial charge < -0.3 is 0 Å². The largest absolute Gasteiger partial charge is 0.295 e. The van der Waals surface area contributed by atoms with Crippen molar-refractivity contribution < 1.29 is 4.79 Å². The number of rotatable bonds is 0. The molecule has 21 heavy (non-hydrogen) atoms. The van der Waals surface area contributed by atoms with Crippen LogP contribution in [-0.2, 0) is 4.79 Å². The van der Waals surface area contributed by atoms with Crippen LogP contribution in [0.2, 0.25) is 0 Å². The first kappa shape index (κ1) is 13.8. The first-order valence-corrected chi connectivity index (χ1v) is 8.97. The van der Waals surface area contributed by atoms with Crippen LogP contribution in [0.4, 0.5) is 0 Å². The molecule has 114 valence electrons. The molecule has 0 radical (unpaired) electrons. The summed E-state index contributed by atoms with van der Waals surface area (Å²) in [6, 6.07) is 0. The van der Waals surface area contributed by atoms with Gasteiger partial charge in [0, 0.05) is 6.42 Å². The molecule has 0 N–H and O–H groups in total. The fraction of sp³-hybridized carbons (Fsp3) is 0.750. The summed E-state index contributed by atoms with van der Waals surface area (Å²) in [6.45, 7) is 7.52. The van der Waals surface area contributed by atoms with Crippen LogP contribution in [0.3, 0.4) is 0 Å². The number of hydrogen-bond donors (Lipinski definition) is 0. The molecule has 4 aliphatic rings. The Morgan fingerprint density at radius 3 is 2.71 bits per heavy atom. The number of carbonyl (C=O) groups is 1. The molecule has 0 aliphatic heterocycles. The monoisotopic (exact) mass is 284 g/mol. The minimum Gasteiger partial charge on any atom is -0.295 e. The van der Waals surface area contributed by atoms with Crippen molar-refractivity contribution in [1.29, 1.82) is 0 Å². The number of fused-ring (bicyclic) bond motifs is 4. The van der Waals surface area contributed by atoms with E-state index in [0.717, 1.165) is 42.9 Å². The highest BCUT2D eigenvalue weighted by Gasteiger charge is 2.53. The van der Waals surface area contributed by atoms with Crippen LogP contribution >= 0.6 is 0 Å². The lowest BCUT2D eigenvalue weighted by Crippen LogP contribution is -2.42. The summed E-state index contributed by atoms with van der Waals surface area (Å²) in [6.07, 6.45) is 10.4. The van der Waals surface area contributed by atoms with E-state index in [1.54, 1.807) is 11.1 Å². The second-order valence-electron chi connectivity index (χ2n) is 8.41. The molecule has 0 bridgehead atoms. The van der Waals surface area contributed by atoms with E-state index in [2.05, 4.69) is 20.8 Å². The maximum absolute atomic E-state index is 11.7. The van der Waals surface area contributed by atoms with E-state index in [1.165, 1.54) is 31.3 Å². The van der Waals surface area contributed by atoms with Crippen molar-refractivity contribution in [2.45, 2.75) is 65.7 Å². The van der Waals surface area contributed by atoms with Crippen molar-refractivity contribution in [3.05, 3.63) is 22.8 Å². The minimum absolute atomic E-state index is 0.357. The first-order valence-electron chi connectivity index (χ1n) is 8.97. The molecule has 0 heterocycles. The highest BCUT2D eigenvalue weighted by atomic mass is 16.1.